The Labute approximate surface area is 109 Å². The second-order valence-corrected chi connectivity index (χ2v) is 5.37. The van der Waals surface area contributed by atoms with Gasteiger partial charge in [0.1, 0.15) is 6.54 Å². The number of thiazole rings is 1. The summed E-state index contributed by atoms with van der Waals surface area (Å²) in [6, 6.07) is 7.64. The quantitative estimate of drug-likeness (QED) is 0.889. The average Bonchev–Trinajstić information content (AvgIpc) is 2.66. The molecule has 0 aliphatic rings. The van der Waals surface area contributed by atoms with E-state index in [0.29, 0.717) is 0 Å². The van der Waals surface area contributed by atoms with E-state index in [1.807, 2.05) is 31.2 Å². The molecule has 0 saturated carbocycles. The van der Waals surface area contributed by atoms with E-state index in [0.717, 1.165) is 22.0 Å². The molecule has 1 heterocycles. The Balaban J connectivity index is 2.17. The zero-order valence-corrected chi connectivity index (χ0v) is 11.0. The van der Waals surface area contributed by atoms with Gasteiger partial charge >= 0.3 is 5.97 Å². The van der Waals surface area contributed by atoms with Gasteiger partial charge in [0.15, 0.2) is 0 Å². The van der Waals surface area contributed by atoms with Crippen molar-refractivity contribution in [3.05, 3.63) is 34.2 Å². The summed E-state index contributed by atoms with van der Waals surface area (Å²) in [6.45, 7) is 3.97. The summed E-state index contributed by atoms with van der Waals surface area (Å²) in [7, 11) is 0. The molecule has 0 aliphatic carbocycles. The fourth-order valence-electron chi connectivity index (χ4n) is 1.72. The van der Waals surface area contributed by atoms with Crippen molar-refractivity contribution in [2.75, 3.05) is 11.9 Å². The van der Waals surface area contributed by atoms with Crippen LogP contribution in [-0.4, -0.2) is 22.6 Å². The van der Waals surface area contributed by atoms with E-state index in [1.165, 1.54) is 4.88 Å². The highest BCUT2D eigenvalue weighted by atomic mass is 32.1. The summed E-state index contributed by atoms with van der Waals surface area (Å²) < 4.78 is 0. The number of hydrogen-bond acceptors (Lipinski definition) is 4. The minimum absolute atomic E-state index is 0.0752. The third-order valence-electron chi connectivity index (χ3n) is 2.51. The number of aryl methyl sites for hydroxylation is 2. The lowest BCUT2D eigenvalue weighted by Gasteiger charge is -2.04. The number of aliphatic carboxylic acids is 1. The van der Waals surface area contributed by atoms with Gasteiger partial charge < -0.3 is 10.4 Å². The Hall–Kier alpha value is -1.88. The van der Waals surface area contributed by atoms with E-state index in [9.17, 15) is 4.79 Å². The van der Waals surface area contributed by atoms with Gasteiger partial charge in [-0.15, -0.1) is 11.3 Å². The SMILES string of the molecule is Cc1nc(-c2ccc(NCC(=O)O)cc2)c(C)s1. The number of rotatable bonds is 4. The van der Waals surface area contributed by atoms with E-state index >= 15 is 0 Å². The van der Waals surface area contributed by atoms with Gasteiger partial charge in [-0.1, -0.05) is 12.1 Å². The standard InChI is InChI=1S/C13H14N2O2S/c1-8-13(15-9(2)18-8)10-3-5-11(6-4-10)14-7-12(16)17/h3-6,14H,7H2,1-2H3,(H,16,17). The van der Waals surface area contributed by atoms with Crippen molar-refractivity contribution in [2.24, 2.45) is 0 Å². The molecule has 0 saturated heterocycles. The first-order chi connectivity index (χ1) is 8.56. The van der Waals surface area contributed by atoms with Crippen molar-refractivity contribution in [1.82, 2.24) is 4.98 Å². The number of aromatic nitrogens is 1. The first-order valence-corrected chi connectivity index (χ1v) is 6.38. The molecule has 0 spiro atoms. The monoisotopic (exact) mass is 262 g/mol. The first-order valence-electron chi connectivity index (χ1n) is 5.56. The fourth-order valence-corrected chi connectivity index (χ4v) is 2.56. The Morgan fingerprint density at radius 1 is 1.33 bits per heavy atom. The minimum atomic E-state index is -0.870. The Morgan fingerprint density at radius 2 is 2.00 bits per heavy atom. The number of anilines is 1. The van der Waals surface area contributed by atoms with E-state index in [2.05, 4.69) is 17.2 Å². The minimum Gasteiger partial charge on any atom is -0.480 e. The van der Waals surface area contributed by atoms with Gasteiger partial charge in [-0.25, -0.2) is 4.98 Å². The van der Waals surface area contributed by atoms with Gasteiger partial charge in [-0.3, -0.25) is 4.79 Å². The second kappa shape index (κ2) is 5.18. The maximum absolute atomic E-state index is 10.4. The van der Waals surface area contributed by atoms with Gasteiger partial charge in [-0.2, -0.15) is 0 Å². The van der Waals surface area contributed by atoms with Crippen LogP contribution in [0.1, 0.15) is 9.88 Å². The third-order valence-corrected chi connectivity index (χ3v) is 3.39. The molecule has 0 atom stereocenters. The Morgan fingerprint density at radius 3 is 2.50 bits per heavy atom. The van der Waals surface area contributed by atoms with Crippen molar-refractivity contribution >= 4 is 23.0 Å². The van der Waals surface area contributed by atoms with Gasteiger partial charge in [0, 0.05) is 16.1 Å². The van der Waals surface area contributed by atoms with Crippen LogP contribution in [-0.2, 0) is 4.79 Å². The topological polar surface area (TPSA) is 62.2 Å². The van der Waals surface area contributed by atoms with Crippen molar-refractivity contribution in [3.63, 3.8) is 0 Å². The van der Waals surface area contributed by atoms with Crippen molar-refractivity contribution in [2.45, 2.75) is 13.8 Å². The number of benzene rings is 1. The molecule has 0 radical (unpaired) electrons. The summed E-state index contributed by atoms with van der Waals surface area (Å²) in [5.74, 6) is -0.870. The molecule has 5 heteroatoms. The lowest BCUT2D eigenvalue weighted by molar-refractivity contribution is -0.134. The summed E-state index contributed by atoms with van der Waals surface area (Å²) in [5, 5.41) is 12.5. The van der Waals surface area contributed by atoms with Crippen LogP contribution in [0.5, 0.6) is 0 Å². The van der Waals surface area contributed by atoms with Crippen LogP contribution in [0, 0.1) is 13.8 Å². The molecule has 0 amide bonds. The van der Waals surface area contributed by atoms with Crippen LogP contribution < -0.4 is 5.32 Å². The predicted molar refractivity (Wildman–Crippen MR) is 73.1 cm³/mol. The smallest absolute Gasteiger partial charge is 0.322 e. The number of carboxylic acids is 1. The molecule has 1 aromatic heterocycles. The zero-order chi connectivity index (χ0) is 13.1. The number of carboxylic acid groups (broad SMARTS) is 1. The molecule has 4 nitrogen and oxygen atoms in total. The van der Waals surface area contributed by atoms with Crippen LogP contribution >= 0.6 is 11.3 Å². The zero-order valence-electron chi connectivity index (χ0n) is 10.2. The molecule has 2 rings (SSSR count). The highest BCUT2D eigenvalue weighted by molar-refractivity contribution is 7.11. The van der Waals surface area contributed by atoms with Gasteiger partial charge in [-0.05, 0) is 26.0 Å². The Bertz CT molecular complexity index is 561. The van der Waals surface area contributed by atoms with E-state index in [-0.39, 0.29) is 6.54 Å². The molecular weight excluding hydrogens is 248 g/mol. The molecular formula is C13H14N2O2S. The maximum atomic E-state index is 10.4. The summed E-state index contributed by atoms with van der Waals surface area (Å²) in [5.41, 5.74) is 2.85. The lowest BCUT2D eigenvalue weighted by atomic mass is 10.1. The molecule has 0 fully saturated rings. The summed E-state index contributed by atoms with van der Waals surface area (Å²) in [6.07, 6.45) is 0. The van der Waals surface area contributed by atoms with Gasteiger partial charge in [0.05, 0.1) is 10.7 Å². The van der Waals surface area contributed by atoms with E-state index in [1.54, 1.807) is 11.3 Å². The average molecular weight is 262 g/mol. The molecule has 94 valence electrons. The number of nitrogens with one attached hydrogen (secondary N) is 1. The number of carbonyl (C=O) groups is 1. The van der Waals surface area contributed by atoms with Gasteiger partial charge in [0.25, 0.3) is 0 Å². The van der Waals surface area contributed by atoms with Gasteiger partial charge in [0.2, 0.25) is 0 Å². The molecule has 0 unspecified atom stereocenters. The second-order valence-electron chi connectivity index (χ2n) is 3.96. The number of nitrogens with zero attached hydrogens (tertiary/aromatic N) is 1. The van der Waals surface area contributed by atoms with Crippen LogP contribution in [0.3, 0.4) is 0 Å². The summed E-state index contributed by atoms with van der Waals surface area (Å²) >= 11 is 1.68. The van der Waals surface area contributed by atoms with Crippen molar-refractivity contribution in [3.8, 4) is 11.3 Å². The van der Waals surface area contributed by atoms with E-state index in [4.69, 9.17) is 5.11 Å². The third kappa shape index (κ3) is 2.87. The van der Waals surface area contributed by atoms with Crippen molar-refractivity contribution < 1.29 is 9.90 Å². The normalized spacial score (nSPS) is 10.3. The largest absolute Gasteiger partial charge is 0.480 e. The molecule has 2 N–H and O–H groups in total. The molecule has 0 aliphatic heterocycles. The Kier molecular flexibility index (Phi) is 3.62. The van der Waals surface area contributed by atoms with E-state index < -0.39 is 5.97 Å². The van der Waals surface area contributed by atoms with Crippen LogP contribution in [0.4, 0.5) is 5.69 Å². The number of hydrogen-bond donors (Lipinski definition) is 2. The summed E-state index contributed by atoms with van der Waals surface area (Å²) in [4.78, 5) is 16.1. The highest BCUT2D eigenvalue weighted by Gasteiger charge is 2.07. The van der Waals surface area contributed by atoms with Crippen LogP contribution in [0.25, 0.3) is 11.3 Å². The predicted octanol–water partition coefficient (Wildman–Crippen LogP) is 2.92. The van der Waals surface area contributed by atoms with Crippen molar-refractivity contribution in [1.29, 1.82) is 0 Å². The van der Waals surface area contributed by atoms with Crippen LogP contribution in [0.15, 0.2) is 24.3 Å². The molecule has 0 bridgehead atoms. The van der Waals surface area contributed by atoms with Crippen LogP contribution in [0.2, 0.25) is 0 Å². The lowest BCUT2D eigenvalue weighted by Crippen LogP contribution is -2.11. The fraction of sp³-hybridized carbons (Fsp3) is 0.231. The molecule has 18 heavy (non-hydrogen) atoms. The highest BCUT2D eigenvalue weighted by Crippen LogP contribution is 2.27. The maximum Gasteiger partial charge on any atom is 0.322 e. The first kappa shape index (κ1) is 12.6. The molecule has 2 aromatic rings. The molecule has 1 aromatic carbocycles.